The van der Waals surface area contributed by atoms with Crippen molar-refractivity contribution in [1.82, 2.24) is 4.90 Å². The topological polar surface area (TPSA) is 57.6 Å². The van der Waals surface area contributed by atoms with E-state index in [1.807, 2.05) is 0 Å². The second kappa shape index (κ2) is 2.17. The van der Waals surface area contributed by atoms with Crippen LogP contribution in [0, 0.1) is 0 Å². The smallest absolute Gasteiger partial charge is 0.259 e. The summed E-state index contributed by atoms with van der Waals surface area (Å²) in [5.41, 5.74) is -1.08. The maximum Gasteiger partial charge on any atom is 0.259 e. The van der Waals surface area contributed by atoms with Gasteiger partial charge in [-0.1, -0.05) is 0 Å². The van der Waals surface area contributed by atoms with Gasteiger partial charge in [-0.05, 0) is 12.5 Å². The SMILES string of the molecule is O=CC1=C[C@]2(O)CCCN2C1=O. The van der Waals surface area contributed by atoms with Gasteiger partial charge in [0, 0.05) is 13.0 Å². The van der Waals surface area contributed by atoms with Crippen LogP contribution in [-0.4, -0.2) is 34.5 Å². The van der Waals surface area contributed by atoms with E-state index in [0.717, 1.165) is 6.42 Å². The zero-order valence-corrected chi connectivity index (χ0v) is 6.49. The van der Waals surface area contributed by atoms with Crippen LogP contribution in [0.5, 0.6) is 0 Å². The van der Waals surface area contributed by atoms with Crippen LogP contribution in [0.3, 0.4) is 0 Å². The first kappa shape index (κ1) is 7.49. The molecule has 2 heterocycles. The van der Waals surface area contributed by atoms with Gasteiger partial charge in [0.25, 0.3) is 5.91 Å². The van der Waals surface area contributed by atoms with Crippen LogP contribution in [0.2, 0.25) is 0 Å². The molecule has 2 aliphatic rings. The van der Waals surface area contributed by atoms with Gasteiger partial charge >= 0.3 is 0 Å². The van der Waals surface area contributed by atoms with E-state index >= 15 is 0 Å². The molecule has 0 aliphatic carbocycles. The zero-order valence-electron chi connectivity index (χ0n) is 6.49. The fourth-order valence-corrected chi connectivity index (χ4v) is 1.80. The van der Waals surface area contributed by atoms with Crippen LogP contribution in [0.4, 0.5) is 0 Å². The lowest BCUT2D eigenvalue weighted by atomic mass is 10.1. The van der Waals surface area contributed by atoms with Crippen molar-refractivity contribution < 1.29 is 14.7 Å². The fourth-order valence-electron chi connectivity index (χ4n) is 1.80. The molecule has 0 spiro atoms. The Balaban J connectivity index is 2.40. The molecule has 12 heavy (non-hydrogen) atoms. The standard InChI is InChI=1S/C8H9NO3/c10-5-6-4-8(12)2-1-3-9(8)7(6)11/h4-5,12H,1-3H2/t8-/m1/s1. The molecule has 1 amide bonds. The summed E-state index contributed by atoms with van der Waals surface area (Å²) in [6.45, 7) is 0.545. The number of amides is 1. The predicted molar refractivity (Wildman–Crippen MR) is 40.0 cm³/mol. The molecule has 1 saturated heterocycles. The minimum atomic E-state index is -1.16. The molecule has 1 N–H and O–H groups in total. The summed E-state index contributed by atoms with van der Waals surface area (Å²) in [5, 5.41) is 9.77. The first-order chi connectivity index (χ1) is 5.67. The predicted octanol–water partition coefficient (Wildman–Crippen LogP) is -0.564. The highest BCUT2D eigenvalue weighted by molar-refractivity contribution is 6.13. The largest absolute Gasteiger partial charge is 0.367 e. The van der Waals surface area contributed by atoms with Gasteiger partial charge < -0.3 is 10.0 Å². The molecular weight excluding hydrogens is 158 g/mol. The molecule has 0 aromatic carbocycles. The van der Waals surface area contributed by atoms with Crippen molar-refractivity contribution in [2.24, 2.45) is 0 Å². The fraction of sp³-hybridized carbons (Fsp3) is 0.500. The molecule has 0 radical (unpaired) electrons. The summed E-state index contributed by atoms with van der Waals surface area (Å²) in [7, 11) is 0. The normalized spacial score (nSPS) is 33.6. The highest BCUT2D eigenvalue weighted by Crippen LogP contribution is 2.34. The monoisotopic (exact) mass is 167 g/mol. The molecule has 1 atom stereocenters. The van der Waals surface area contributed by atoms with E-state index in [1.54, 1.807) is 0 Å². The molecule has 1 fully saturated rings. The average molecular weight is 167 g/mol. The summed E-state index contributed by atoms with van der Waals surface area (Å²) in [6.07, 6.45) is 3.19. The van der Waals surface area contributed by atoms with Crippen molar-refractivity contribution in [3.05, 3.63) is 11.6 Å². The van der Waals surface area contributed by atoms with Crippen LogP contribution < -0.4 is 0 Å². The Hall–Kier alpha value is -1.16. The Bertz CT molecular complexity index is 284. The lowest BCUT2D eigenvalue weighted by Gasteiger charge is -2.24. The Morgan fingerprint density at radius 2 is 2.42 bits per heavy atom. The highest BCUT2D eigenvalue weighted by atomic mass is 16.3. The minimum Gasteiger partial charge on any atom is -0.367 e. The number of carbonyl (C=O) groups is 2. The van der Waals surface area contributed by atoms with Crippen LogP contribution in [0.25, 0.3) is 0 Å². The van der Waals surface area contributed by atoms with Gasteiger partial charge in [-0.2, -0.15) is 0 Å². The number of fused-ring (bicyclic) bond motifs is 1. The summed E-state index contributed by atoms with van der Waals surface area (Å²) < 4.78 is 0. The summed E-state index contributed by atoms with van der Waals surface area (Å²) in [5.74, 6) is -0.343. The first-order valence-corrected chi connectivity index (χ1v) is 3.90. The second-order valence-corrected chi connectivity index (χ2v) is 3.16. The van der Waals surface area contributed by atoms with Crippen molar-refractivity contribution in [3.63, 3.8) is 0 Å². The number of aldehydes is 1. The van der Waals surface area contributed by atoms with Gasteiger partial charge in [0.2, 0.25) is 0 Å². The minimum absolute atomic E-state index is 0.0807. The van der Waals surface area contributed by atoms with Gasteiger partial charge in [0.15, 0.2) is 12.0 Å². The van der Waals surface area contributed by atoms with E-state index in [9.17, 15) is 14.7 Å². The number of aliphatic hydroxyl groups is 1. The van der Waals surface area contributed by atoms with E-state index < -0.39 is 5.72 Å². The molecule has 0 bridgehead atoms. The Kier molecular flexibility index (Phi) is 1.35. The van der Waals surface area contributed by atoms with Crippen LogP contribution in [0.15, 0.2) is 11.6 Å². The molecule has 0 aromatic heterocycles. The van der Waals surface area contributed by atoms with E-state index in [0.29, 0.717) is 19.3 Å². The van der Waals surface area contributed by atoms with Crippen LogP contribution >= 0.6 is 0 Å². The third-order valence-corrected chi connectivity index (χ3v) is 2.40. The van der Waals surface area contributed by atoms with Gasteiger partial charge in [0.1, 0.15) is 0 Å². The third-order valence-electron chi connectivity index (χ3n) is 2.40. The molecule has 64 valence electrons. The molecule has 2 aliphatic heterocycles. The van der Waals surface area contributed by atoms with E-state index in [2.05, 4.69) is 0 Å². The van der Waals surface area contributed by atoms with Gasteiger partial charge in [-0.25, -0.2) is 0 Å². The number of hydrogen-bond donors (Lipinski definition) is 1. The maximum absolute atomic E-state index is 11.3. The van der Waals surface area contributed by atoms with E-state index in [-0.39, 0.29) is 11.5 Å². The summed E-state index contributed by atoms with van der Waals surface area (Å²) in [6, 6.07) is 0. The molecule has 0 saturated carbocycles. The average Bonchev–Trinajstić information content (AvgIpc) is 2.50. The van der Waals surface area contributed by atoms with Crippen molar-refractivity contribution in [2.45, 2.75) is 18.6 Å². The molecule has 0 unspecified atom stereocenters. The van der Waals surface area contributed by atoms with Gasteiger partial charge in [-0.15, -0.1) is 0 Å². The van der Waals surface area contributed by atoms with Crippen molar-refractivity contribution in [3.8, 4) is 0 Å². The van der Waals surface area contributed by atoms with Crippen molar-refractivity contribution >= 4 is 12.2 Å². The van der Waals surface area contributed by atoms with Crippen molar-refractivity contribution in [2.75, 3.05) is 6.54 Å². The lowest BCUT2D eigenvalue weighted by Crippen LogP contribution is -2.40. The lowest BCUT2D eigenvalue weighted by molar-refractivity contribution is -0.136. The number of nitrogens with zero attached hydrogens (tertiary/aromatic N) is 1. The zero-order chi connectivity index (χ0) is 8.77. The van der Waals surface area contributed by atoms with Crippen molar-refractivity contribution in [1.29, 1.82) is 0 Å². The maximum atomic E-state index is 11.3. The molecular formula is C8H9NO3. The first-order valence-electron chi connectivity index (χ1n) is 3.90. The Morgan fingerprint density at radius 3 is 3.00 bits per heavy atom. The molecule has 0 aromatic rings. The quantitative estimate of drug-likeness (QED) is 0.420. The number of hydrogen-bond acceptors (Lipinski definition) is 3. The third kappa shape index (κ3) is 0.754. The number of carbonyl (C=O) groups excluding carboxylic acids is 2. The Labute approximate surface area is 69.5 Å². The van der Waals surface area contributed by atoms with Crippen LogP contribution in [0.1, 0.15) is 12.8 Å². The molecule has 2 rings (SSSR count). The van der Waals surface area contributed by atoms with E-state index in [1.165, 1.54) is 11.0 Å². The highest BCUT2D eigenvalue weighted by Gasteiger charge is 2.46. The second-order valence-electron chi connectivity index (χ2n) is 3.16. The van der Waals surface area contributed by atoms with E-state index in [4.69, 9.17) is 0 Å². The molecule has 4 nitrogen and oxygen atoms in total. The number of rotatable bonds is 1. The molecule has 4 heteroatoms. The Morgan fingerprint density at radius 1 is 1.67 bits per heavy atom. The van der Waals surface area contributed by atoms with Gasteiger partial charge in [-0.3, -0.25) is 9.59 Å². The van der Waals surface area contributed by atoms with Crippen LogP contribution in [-0.2, 0) is 9.59 Å². The summed E-state index contributed by atoms with van der Waals surface area (Å²) >= 11 is 0. The van der Waals surface area contributed by atoms with Gasteiger partial charge in [0.05, 0.1) is 5.57 Å². The summed E-state index contributed by atoms with van der Waals surface area (Å²) in [4.78, 5) is 23.0.